The number of aromatic nitrogens is 2. The van der Waals surface area contributed by atoms with Crippen molar-refractivity contribution >= 4 is 35.5 Å². The summed E-state index contributed by atoms with van der Waals surface area (Å²) in [5.74, 6) is 1.05. The molecule has 0 spiro atoms. The van der Waals surface area contributed by atoms with Crippen LogP contribution in [0.1, 0.15) is 11.4 Å². The Morgan fingerprint density at radius 3 is 2.75 bits per heavy atom. The Hall–Kier alpha value is 0.160. The molecule has 1 aromatic rings. The standard InChI is InChI=1S/C6H11N3S2.ClH/c1-5-8-9-6(11-5)10-4-2-3-7;/h2-4,7H2,1H3;1H. The molecule has 70 valence electrons. The molecule has 1 heterocycles. The molecule has 0 fully saturated rings. The zero-order chi connectivity index (χ0) is 8.10. The predicted molar refractivity (Wildman–Crippen MR) is 56.3 cm³/mol. The van der Waals surface area contributed by atoms with Gasteiger partial charge in [0.05, 0.1) is 0 Å². The number of hydrogen-bond donors (Lipinski definition) is 1. The van der Waals surface area contributed by atoms with Crippen LogP contribution in [0.4, 0.5) is 0 Å². The second kappa shape index (κ2) is 6.65. The molecule has 0 saturated heterocycles. The molecule has 0 unspecified atom stereocenters. The van der Waals surface area contributed by atoms with Crippen molar-refractivity contribution in [3.63, 3.8) is 0 Å². The van der Waals surface area contributed by atoms with Gasteiger partial charge in [-0.05, 0) is 19.9 Å². The molecule has 0 amide bonds. The molecule has 1 aromatic heterocycles. The van der Waals surface area contributed by atoms with Crippen molar-refractivity contribution in [1.29, 1.82) is 0 Å². The van der Waals surface area contributed by atoms with Crippen LogP contribution in [0.3, 0.4) is 0 Å². The summed E-state index contributed by atoms with van der Waals surface area (Å²) in [6.07, 6.45) is 1.04. The van der Waals surface area contributed by atoms with E-state index in [-0.39, 0.29) is 12.4 Å². The first kappa shape index (κ1) is 12.2. The Morgan fingerprint density at radius 2 is 2.25 bits per heavy atom. The SMILES string of the molecule is Cc1nnc(SCCCN)s1.Cl. The van der Waals surface area contributed by atoms with Crippen LogP contribution in [0.5, 0.6) is 0 Å². The van der Waals surface area contributed by atoms with Gasteiger partial charge in [0.25, 0.3) is 0 Å². The Kier molecular flexibility index (Phi) is 6.74. The van der Waals surface area contributed by atoms with E-state index in [1.807, 2.05) is 6.92 Å². The number of rotatable bonds is 4. The predicted octanol–water partition coefficient (Wildman–Crippen LogP) is 1.71. The Labute approximate surface area is 86.6 Å². The maximum Gasteiger partial charge on any atom is 0.174 e. The fourth-order valence-corrected chi connectivity index (χ4v) is 2.43. The topological polar surface area (TPSA) is 51.8 Å². The molecule has 0 atom stereocenters. The van der Waals surface area contributed by atoms with E-state index in [0.717, 1.165) is 28.1 Å². The van der Waals surface area contributed by atoms with Crippen molar-refractivity contribution in [2.45, 2.75) is 17.7 Å². The van der Waals surface area contributed by atoms with Crippen LogP contribution in [0.15, 0.2) is 4.34 Å². The summed E-state index contributed by atoms with van der Waals surface area (Å²) >= 11 is 3.37. The summed E-state index contributed by atoms with van der Waals surface area (Å²) in [5, 5.41) is 8.92. The molecule has 6 heteroatoms. The van der Waals surface area contributed by atoms with Crippen LogP contribution >= 0.6 is 35.5 Å². The zero-order valence-corrected chi connectivity index (χ0v) is 9.27. The highest BCUT2D eigenvalue weighted by atomic mass is 35.5. The monoisotopic (exact) mass is 225 g/mol. The lowest BCUT2D eigenvalue weighted by molar-refractivity contribution is 0.937. The molecule has 0 bridgehead atoms. The molecule has 0 aliphatic carbocycles. The minimum Gasteiger partial charge on any atom is -0.330 e. The summed E-state index contributed by atoms with van der Waals surface area (Å²) in [6, 6.07) is 0. The summed E-state index contributed by atoms with van der Waals surface area (Å²) < 4.78 is 1.05. The summed E-state index contributed by atoms with van der Waals surface area (Å²) in [5.41, 5.74) is 5.35. The maximum absolute atomic E-state index is 5.35. The second-order valence-corrected chi connectivity index (χ2v) is 4.60. The molecule has 0 aliphatic rings. The average Bonchev–Trinajstić information content (AvgIpc) is 2.37. The van der Waals surface area contributed by atoms with Crippen molar-refractivity contribution in [1.82, 2.24) is 10.2 Å². The third-order valence-electron chi connectivity index (χ3n) is 1.08. The molecule has 2 N–H and O–H groups in total. The van der Waals surface area contributed by atoms with Gasteiger partial charge in [-0.25, -0.2) is 0 Å². The van der Waals surface area contributed by atoms with Crippen LogP contribution in [-0.4, -0.2) is 22.5 Å². The Balaban J connectivity index is 0.00000121. The van der Waals surface area contributed by atoms with E-state index < -0.39 is 0 Å². The van der Waals surface area contributed by atoms with Crippen molar-refractivity contribution in [2.24, 2.45) is 5.73 Å². The molecule has 3 nitrogen and oxygen atoms in total. The highest BCUT2D eigenvalue weighted by molar-refractivity contribution is 8.01. The van der Waals surface area contributed by atoms with Gasteiger partial charge in [0.15, 0.2) is 4.34 Å². The van der Waals surface area contributed by atoms with E-state index in [0.29, 0.717) is 0 Å². The summed E-state index contributed by atoms with van der Waals surface area (Å²) in [6.45, 7) is 2.72. The minimum atomic E-state index is 0. The van der Waals surface area contributed by atoms with Gasteiger partial charge >= 0.3 is 0 Å². The van der Waals surface area contributed by atoms with Crippen LogP contribution in [0, 0.1) is 6.92 Å². The first-order valence-corrected chi connectivity index (χ1v) is 5.26. The van der Waals surface area contributed by atoms with Crippen molar-refractivity contribution < 1.29 is 0 Å². The molecule has 0 radical (unpaired) electrons. The maximum atomic E-state index is 5.35. The lowest BCUT2D eigenvalue weighted by Gasteiger charge is -1.91. The second-order valence-electron chi connectivity index (χ2n) is 2.08. The quantitative estimate of drug-likeness (QED) is 0.626. The largest absolute Gasteiger partial charge is 0.330 e. The average molecular weight is 226 g/mol. The fourth-order valence-electron chi connectivity index (χ4n) is 0.580. The molecular weight excluding hydrogens is 214 g/mol. The lowest BCUT2D eigenvalue weighted by atomic mass is 10.5. The molecule has 0 aliphatic heterocycles. The van der Waals surface area contributed by atoms with E-state index >= 15 is 0 Å². The van der Waals surface area contributed by atoms with Crippen LogP contribution in [0.2, 0.25) is 0 Å². The van der Waals surface area contributed by atoms with Crippen LogP contribution in [-0.2, 0) is 0 Å². The number of thioether (sulfide) groups is 1. The van der Waals surface area contributed by atoms with Gasteiger partial charge in [0.2, 0.25) is 0 Å². The number of halogens is 1. The van der Waals surface area contributed by atoms with Crippen molar-refractivity contribution in [3.8, 4) is 0 Å². The lowest BCUT2D eigenvalue weighted by Crippen LogP contribution is -1.99. The number of hydrogen-bond acceptors (Lipinski definition) is 5. The Morgan fingerprint density at radius 1 is 1.50 bits per heavy atom. The zero-order valence-electron chi connectivity index (χ0n) is 6.82. The minimum absolute atomic E-state index is 0. The number of nitrogens with zero attached hydrogens (tertiary/aromatic N) is 2. The Bertz CT molecular complexity index is 216. The number of aryl methyl sites for hydroxylation is 1. The highest BCUT2D eigenvalue weighted by Gasteiger charge is 1.98. The first-order chi connectivity index (χ1) is 5.33. The van der Waals surface area contributed by atoms with Crippen molar-refractivity contribution in [2.75, 3.05) is 12.3 Å². The van der Waals surface area contributed by atoms with E-state index in [2.05, 4.69) is 10.2 Å². The summed E-state index contributed by atoms with van der Waals surface area (Å²) in [7, 11) is 0. The smallest absolute Gasteiger partial charge is 0.174 e. The normalized spacial score (nSPS) is 9.50. The van der Waals surface area contributed by atoms with Gasteiger partial charge in [0, 0.05) is 5.75 Å². The van der Waals surface area contributed by atoms with Gasteiger partial charge in [-0.15, -0.1) is 22.6 Å². The first-order valence-electron chi connectivity index (χ1n) is 3.46. The third kappa shape index (κ3) is 4.25. The van der Waals surface area contributed by atoms with Crippen molar-refractivity contribution in [3.05, 3.63) is 5.01 Å². The van der Waals surface area contributed by atoms with Crippen LogP contribution < -0.4 is 5.73 Å². The molecule has 0 aromatic carbocycles. The molecule has 0 saturated carbocycles. The van der Waals surface area contributed by atoms with E-state index in [1.54, 1.807) is 23.1 Å². The molecule has 12 heavy (non-hydrogen) atoms. The number of nitrogens with two attached hydrogens (primary N) is 1. The molecule has 1 rings (SSSR count). The van der Waals surface area contributed by atoms with Gasteiger partial charge in [0.1, 0.15) is 5.01 Å². The summed E-state index contributed by atoms with van der Waals surface area (Å²) in [4.78, 5) is 0. The fraction of sp³-hybridized carbons (Fsp3) is 0.667. The van der Waals surface area contributed by atoms with E-state index in [1.165, 1.54) is 0 Å². The van der Waals surface area contributed by atoms with E-state index in [4.69, 9.17) is 5.73 Å². The van der Waals surface area contributed by atoms with E-state index in [9.17, 15) is 0 Å². The van der Waals surface area contributed by atoms with Gasteiger partial charge in [-0.2, -0.15) is 0 Å². The van der Waals surface area contributed by atoms with Crippen LogP contribution in [0.25, 0.3) is 0 Å². The molecular formula is C6H12ClN3S2. The van der Waals surface area contributed by atoms with Gasteiger partial charge in [-0.3, -0.25) is 0 Å². The van der Waals surface area contributed by atoms with Gasteiger partial charge < -0.3 is 5.73 Å². The third-order valence-corrected chi connectivity index (χ3v) is 3.14. The van der Waals surface area contributed by atoms with Gasteiger partial charge in [-0.1, -0.05) is 23.1 Å². The highest BCUT2D eigenvalue weighted by Crippen LogP contribution is 2.21.